The van der Waals surface area contributed by atoms with E-state index in [9.17, 15) is 33.9 Å². The fourth-order valence-corrected chi connectivity index (χ4v) is 8.11. The van der Waals surface area contributed by atoms with Gasteiger partial charge in [0.05, 0.1) is 55.3 Å². The summed E-state index contributed by atoms with van der Waals surface area (Å²) < 4.78 is 11.6. The van der Waals surface area contributed by atoms with Gasteiger partial charge >= 0.3 is 0 Å². The molecule has 0 atom stereocenters. The predicted molar refractivity (Wildman–Crippen MR) is 227 cm³/mol. The van der Waals surface area contributed by atoms with Gasteiger partial charge in [-0.2, -0.15) is 0 Å². The summed E-state index contributed by atoms with van der Waals surface area (Å²) in [5, 5.41) is 15.4. The molecule has 2 fully saturated rings. The summed E-state index contributed by atoms with van der Waals surface area (Å²) in [6.45, 7) is 4.93. The minimum atomic E-state index is -0.762. The second-order valence-corrected chi connectivity index (χ2v) is 16.4. The Hall–Kier alpha value is -5.82. The highest BCUT2D eigenvalue weighted by Crippen LogP contribution is 2.50. The summed E-state index contributed by atoms with van der Waals surface area (Å²) >= 11 is 0. The van der Waals surface area contributed by atoms with Gasteiger partial charge in [0.25, 0.3) is 11.8 Å². The van der Waals surface area contributed by atoms with E-state index in [4.69, 9.17) is 15.2 Å². The Morgan fingerprint density at radius 3 is 2.50 bits per heavy atom. The number of carbonyl (C=O) groups is 6. The molecule has 18 heteroatoms. The van der Waals surface area contributed by atoms with Crippen molar-refractivity contribution >= 4 is 58.7 Å². The average molecular weight is 854 g/mol. The number of benzene rings is 1. The number of nitrogens with one attached hydrogen (secondary N) is 2. The van der Waals surface area contributed by atoms with Crippen LogP contribution in [0.1, 0.15) is 61.4 Å². The van der Waals surface area contributed by atoms with Crippen LogP contribution in [0.5, 0.6) is 0 Å². The maximum atomic E-state index is 13.9. The van der Waals surface area contributed by atoms with E-state index in [-0.39, 0.29) is 87.7 Å². The zero-order valence-electron chi connectivity index (χ0n) is 35.3. The van der Waals surface area contributed by atoms with Gasteiger partial charge in [0.15, 0.2) is 6.29 Å². The molecule has 0 bridgehead atoms. The highest BCUT2D eigenvalue weighted by atomic mass is 16.7. The van der Waals surface area contributed by atoms with Crippen LogP contribution in [0, 0.1) is 5.92 Å². The van der Waals surface area contributed by atoms with Crippen LogP contribution in [0.3, 0.4) is 0 Å². The van der Waals surface area contributed by atoms with Gasteiger partial charge in [0.1, 0.15) is 5.84 Å². The number of carbonyl (C=O) groups excluding carboxylic acids is 6. The van der Waals surface area contributed by atoms with Crippen LogP contribution in [0.15, 0.2) is 53.2 Å². The molecule has 1 aliphatic carbocycles. The molecule has 5 aliphatic rings. The molecule has 1 aromatic heterocycles. The van der Waals surface area contributed by atoms with Crippen molar-refractivity contribution in [2.45, 2.75) is 63.7 Å². The Morgan fingerprint density at radius 1 is 1.03 bits per heavy atom. The highest BCUT2D eigenvalue weighted by molar-refractivity contribution is 6.13. The molecule has 4 aliphatic heterocycles. The molecule has 5 heterocycles. The molecule has 6 amide bonds. The Balaban J connectivity index is 0.882. The van der Waals surface area contributed by atoms with E-state index < -0.39 is 17.6 Å². The van der Waals surface area contributed by atoms with E-state index in [2.05, 4.69) is 20.6 Å². The number of amidine groups is 1. The number of fused-ring (bicyclic) bond motifs is 2. The van der Waals surface area contributed by atoms with Gasteiger partial charge in [-0.1, -0.05) is 19.1 Å². The summed E-state index contributed by atoms with van der Waals surface area (Å²) in [6, 6.07) is 7.51. The van der Waals surface area contributed by atoms with Crippen LogP contribution in [-0.2, 0) is 56.6 Å². The van der Waals surface area contributed by atoms with Gasteiger partial charge < -0.3 is 45.6 Å². The van der Waals surface area contributed by atoms with Crippen LogP contribution in [0.25, 0.3) is 6.08 Å². The lowest BCUT2D eigenvalue weighted by molar-refractivity contribution is -0.203. The molecular weight excluding hydrogens is 799 g/mol. The number of nitrogens with zero attached hydrogens (tertiary/aromatic N) is 6. The minimum absolute atomic E-state index is 0.109. The maximum absolute atomic E-state index is 13.9. The molecule has 1 saturated heterocycles. The molecule has 1 aromatic carbocycles. The van der Waals surface area contributed by atoms with Crippen molar-refractivity contribution < 1.29 is 43.3 Å². The number of aliphatic imine (C=N–C) groups is 1. The summed E-state index contributed by atoms with van der Waals surface area (Å²) in [5.74, 6) is -1.56. The third kappa shape index (κ3) is 10.3. The molecule has 18 nitrogen and oxygen atoms in total. The summed E-state index contributed by atoms with van der Waals surface area (Å²) in [6.07, 6.45) is 8.23. The number of ether oxygens (including phenoxy) is 2. The number of imide groups is 1. The number of aliphatic hydroxyl groups excluding tert-OH is 1. The van der Waals surface area contributed by atoms with E-state index in [1.165, 1.54) is 12.2 Å². The smallest absolute Gasteiger partial charge is 0.253 e. The summed E-state index contributed by atoms with van der Waals surface area (Å²) in [5.41, 5.74) is 10.4. The first-order valence-electron chi connectivity index (χ1n) is 21.3. The lowest BCUT2D eigenvalue weighted by atomic mass is 9.92. The second kappa shape index (κ2) is 19.5. The number of likely N-dealkylation sites (N-methyl/N-ethyl adjacent to an activating group) is 1. The number of hydrogen-bond donors (Lipinski definition) is 4. The zero-order chi connectivity index (χ0) is 44.0. The van der Waals surface area contributed by atoms with E-state index in [1.807, 2.05) is 43.1 Å². The quantitative estimate of drug-likeness (QED) is 0.164. The standard InChI is InChI=1S/C44H55N9O9/c1-3-12-51(17-18-54)41(58)29-19-28-4-5-32(22-35(28)49-36(45)21-29)44(10-11-44)43(60)48-33-20-30-25-52(14-8-34(30)46-23-33)42(59)31-26-61-40(62-27-31)24-47-37(55)9-13-50(2)15-16-53-38(56)6-7-39(53)57/h4-7,19-20,22-23,31,40,54H,3,8-18,21,24-27H2,1-2H3,(H2,45,49)(H,47,55)(H,48,60). The van der Waals surface area contributed by atoms with Crippen molar-refractivity contribution in [2.24, 2.45) is 16.6 Å². The first kappa shape index (κ1) is 44.2. The molecule has 0 unspecified atom stereocenters. The van der Waals surface area contributed by atoms with Gasteiger partial charge in [0.2, 0.25) is 23.6 Å². The van der Waals surface area contributed by atoms with E-state index in [0.717, 1.165) is 33.7 Å². The number of aliphatic hydroxyl groups is 1. The molecule has 62 heavy (non-hydrogen) atoms. The van der Waals surface area contributed by atoms with Crippen molar-refractivity contribution in [3.63, 3.8) is 0 Å². The first-order valence-corrected chi connectivity index (χ1v) is 21.3. The lowest BCUT2D eigenvalue weighted by Crippen LogP contribution is -2.48. The van der Waals surface area contributed by atoms with Gasteiger partial charge in [-0.3, -0.25) is 38.7 Å². The molecule has 0 spiro atoms. The Kier molecular flexibility index (Phi) is 13.9. The number of pyridine rings is 1. The van der Waals surface area contributed by atoms with Gasteiger partial charge in [-0.15, -0.1) is 0 Å². The van der Waals surface area contributed by atoms with Crippen molar-refractivity contribution in [2.75, 3.05) is 78.0 Å². The third-order valence-corrected chi connectivity index (χ3v) is 11.9. The fourth-order valence-electron chi connectivity index (χ4n) is 8.11. The monoisotopic (exact) mass is 853 g/mol. The lowest BCUT2D eigenvalue weighted by Gasteiger charge is -2.34. The minimum Gasteiger partial charge on any atom is -0.395 e. The van der Waals surface area contributed by atoms with Crippen molar-refractivity contribution in [3.8, 4) is 0 Å². The molecule has 1 saturated carbocycles. The molecular formula is C44H55N9O9. The number of anilines is 1. The Bertz CT molecular complexity index is 2150. The number of aromatic nitrogens is 1. The topological polar surface area (TPSA) is 229 Å². The Morgan fingerprint density at radius 2 is 1.79 bits per heavy atom. The van der Waals surface area contributed by atoms with E-state index in [1.54, 1.807) is 22.1 Å². The largest absolute Gasteiger partial charge is 0.395 e. The van der Waals surface area contributed by atoms with Gasteiger partial charge in [-0.05, 0) is 55.6 Å². The van der Waals surface area contributed by atoms with Crippen molar-refractivity contribution in [1.82, 2.24) is 29.9 Å². The van der Waals surface area contributed by atoms with E-state index in [0.29, 0.717) is 74.8 Å². The third-order valence-electron chi connectivity index (χ3n) is 11.9. The maximum Gasteiger partial charge on any atom is 0.253 e. The van der Waals surface area contributed by atoms with Gasteiger partial charge in [0, 0.05) is 94.1 Å². The Labute approximate surface area is 360 Å². The van der Waals surface area contributed by atoms with Crippen LogP contribution < -0.4 is 16.4 Å². The molecule has 0 radical (unpaired) electrons. The molecule has 5 N–H and O–H groups in total. The summed E-state index contributed by atoms with van der Waals surface area (Å²) in [7, 11) is 1.81. The normalized spacial score (nSPS) is 20.2. The van der Waals surface area contributed by atoms with Crippen LogP contribution in [0.4, 0.5) is 11.4 Å². The second-order valence-electron chi connectivity index (χ2n) is 16.4. The average Bonchev–Trinajstić information content (AvgIpc) is 4.05. The molecule has 330 valence electrons. The molecule has 7 rings (SSSR count). The summed E-state index contributed by atoms with van der Waals surface area (Å²) in [4.78, 5) is 92.5. The molecule has 2 aromatic rings. The van der Waals surface area contributed by atoms with Crippen LogP contribution >= 0.6 is 0 Å². The number of rotatable bonds is 17. The van der Waals surface area contributed by atoms with Crippen molar-refractivity contribution in [3.05, 3.63) is 70.6 Å². The van der Waals surface area contributed by atoms with Crippen molar-refractivity contribution in [1.29, 1.82) is 0 Å². The van der Waals surface area contributed by atoms with Crippen LogP contribution in [-0.4, -0.2) is 150 Å². The van der Waals surface area contributed by atoms with Gasteiger partial charge in [-0.25, -0.2) is 4.99 Å². The zero-order valence-corrected chi connectivity index (χ0v) is 35.3. The SMILES string of the molecule is CCCN(CCO)C(=O)C1=Cc2ccc(C3(C(=O)Nc4cnc5c(c4)CN(C(=O)C4COC(CNC(=O)CCN(C)CCN6C(=O)C=CC6=O)OC4)CC5)CC3)cc2N=C(N)C1. The first-order chi connectivity index (χ1) is 29.9. The highest BCUT2D eigenvalue weighted by Gasteiger charge is 2.51. The number of amides is 6. The fraction of sp³-hybridized carbons (Fsp3) is 0.500. The number of hydrogen-bond acceptors (Lipinski definition) is 13. The predicted octanol–water partition coefficient (Wildman–Crippen LogP) is 0.996. The van der Waals surface area contributed by atoms with Crippen LogP contribution in [0.2, 0.25) is 0 Å². The number of nitrogens with two attached hydrogens (primary N) is 1. The van der Waals surface area contributed by atoms with E-state index >= 15 is 0 Å².